The summed E-state index contributed by atoms with van der Waals surface area (Å²) < 4.78 is 0. The minimum Gasteiger partial charge on any atom is -0.315 e. The van der Waals surface area contributed by atoms with Crippen molar-refractivity contribution in [2.24, 2.45) is 0 Å². The summed E-state index contributed by atoms with van der Waals surface area (Å²) in [6.07, 6.45) is 0. The SMILES string of the molecule is Cc1sc(NC(=O)CNC(C)c2ccc(Cl)cc2Cl)c(C#N)c1C. The van der Waals surface area contributed by atoms with E-state index < -0.39 is 0 Å². The number of thiophene rings is 1. The third-order valence-corrected chi connectivity index (χ3v) is 5.43. The van der Waals surface area contributed by atoms with Gasteiger partial charge in [-0.05, 0) is 44.0 Å². The van der Waals surface area contributed by atoms with Crippen LogP contribution in [0.4, 0.5) is 5.00 Å². The van der Waals surface area contributed by atoms with Crippen LogP contribution in [0.15, 0.2) is 18.2 Å². The second kappa shape index (κ2) is 8.00. The Morgan fingerprint density at radius 2 is 2.08 bits per heavy atom. The molecule has 24 heavy (non-hydrogen) atoms. The number of hydrogen-bond acceptors (Lipinski definition) is 4. The van der Waals surface area contributed by atoms with E-state index in [4.69, 9.17) is 23.2 Å². The van der Waals surface area contributed by atoms with Gasteiger partial charge in [-0.1, -0.05) is 29.3 Å². The largest absolute Gasteiger partial charge is 0.315 e. The normalized spacial score (nSPS) is 11.8. The number of halogens is 2. The Morgan fingerprint density at radius 1 is 1.38 bits per heavy atom. The van der Waals surface area contributed by atoms with Gasteiger partial charge in [0.15, 0.2) is 0 Å². The van der Waals surface area contributed by atoms with Gasteiger partial charge in [-0.15, -0.1) is 11.3 Å². The van der Waals surface area contributed by atoms with Gasteiger partial charge in [-0.3, -0.25) is 4.79 Å². The molecule has 2 rings (SSSR count). The van der Waals surface area contributed by atoms with E-state index in [0.29, 0.717) is 20.6 Å². The molecule has 1 aromatic carbocycles. The van der Waals surface area contributed by atoms with Crippen molar-refractivity contribution in [1.29, 1.82) is 5.26 Å². The van der Waals surface area contributed by atoms with Crippen molar-refractivity contribution < 1.29 is 4.79 Å². The number of benzene rings is 1. The highest BCUT2D eigenvalue weighted by Gasteiger charge is 2.16. The maximum atomic E-state index is 12.1. The van der Waals surface area contributed by atoms with Crippen LogP contribution in [0.2, 0.25) is 10.0 Å². The minimum absolute atomic E-state index is 0.109. The fraction of sp³-hybridized carbons (Fsp3) is 0.294. The van der Waals surface area contributed by atoms with Crippen LogP contribution in [-0.4, -0.2) is 12.5 Å². The van der Waals surface area contributed by atoms with E-state index in [9.17, 15) is 10.1 Å². The number of rotatable bonds is 5. The quantitative estimate of drug-likeness (QED) is 0.778. The lowest BCUT2D eigenvalue weighted by molar-refractivity contribution is -0.115. The van der Waals surface area contributed by atoms with Crippen molar-refractivity contribution >= 4 is 45.4 Å². The third kappa shape index (κ3) is 4.28. The number of carbonyl (C=O) groups excluding carboxylic acids is 1. The molecule has 1 unspecified atom stereocenters. The highest BCUT2D eigenvalue weighted by Crippen LogP contribution is 2.31. The number of aryl methyl sites for hydroxylation is 1. The van der Waals surface area contributed by atoms with Crippen LogP contribution in [0.5, 0.6) is 0 Å². The lowest BCUT2D eigenvalue weighted by atomic mass is 10.1. The number of nitriles is 1. The van der Waals surface area contributed by atoms with Crippen LogP contribution >= 0.6 is 34.5 Å². The molecule has 1 heterocycles. The molecule has 0 radical (unpaired) electrons. The van der Waals surface area contributed by atoms with Crippen molar-refractivity contribution in [3.63, 3.8) is 0 Å². The van der Waals surface area contributed by atoms with E-state index in [-0.39, 0.29) is 18.5 Å². The molecular formula is C17H17Cl2N3OS. The van der Waals surface area contributed by atoms with Gasteiger partial charge in [0.25, 0.3) is 0 Å². The zero-order valence-electron chi connectivity index (χ0n) is 13.5. The summed E-state index contributed by atoms with van der Waals surface area (Å²) in [5.74, 6) is -0.204. The Hall–Kier alpha value is -1.58. The molecule has 1 amide bonds. The molecule has 0 spiro atoms. The molecule has 0 aliphatic rings. The van der Waals surface area contributed by atoms with Gasteiger partial charge in [0.05, 0.1) is 12.1 Å². The van der Waals surface area contributed by atoms with Crippen LogP contribution in [0, 0.1) is 25.2 Å². The van der Waals surface area contributed by atoms with E-state index in [2.05, 4.69) is 16.7 Å². The molecule has 0 fully saturated rings. The zero-order chi connectivity index (χ0) is 17.9. The fourth-order valence-electron chi connectivity index (χ4n) is 2.23. The Labute approximate surface area is 155 Å². The Morgan fingerprint density at radius 3 is 2.71 bits per heavy atom. The van der Waals surface area contributed by atoms with Gasteiger partial charge in [-0.2, -0.15) is 5.26 Å². The van der Waals surface area contributed by atoms with E-state index >= 15 is 0 Å². The third-order valence-electron chi connectivity index (χ3n) is 3.75. The highest BCUT2D eigenvalue weighted by atomic mass is 35.5. The summed E-state index contributed by atoms with van der Waals surface area (Å²) in [6.45, 7) is 5.84. The van der Waals surface area contributed by atoms with Gasteiger partial charge in [0.2, 0.25) is 5.91 Å². The summed E-state index contributed by atoms with van der Waals surface area (Å²) in [6, 6.07) is 7.30. The van der Waals surface area contributed by atoms with E-state index in [0.717, 1.165) is 16.0 Å². The highest BCUT2D eigenvalue weighted by molar-refractivity contribution is 7.16. The van der Waals surface area contributed by atoms with Gasteiger partial charge >= 0.3 is 0 Å². The van der Waals surface area contributed by atoms with Crippen molar-refractivity contribution in [3.8, 4) is 6.07 Å². The minimum atomic E-state index is -0.204. The van der Waals surface area contributed by atoms with Crippen LogP contribution < -0.4 is 10.6 Å². The van der Waals surface area contributed by atoms with Crippen molar-refractivity contribution in [1.82, 2.24) is 5.32 Å². The lowest BCUT2D eigenvalue weighted by Gasteiger charge is -2.15. The number of amides is 1. The first-order valence-electron chi connectivity index (χ1n) is 7.31. The molecule has 4 nitrogen and oxygen atoms in total. The topological polar surface area (TPSA) is 64.9 Å². The van der Waals surface area contributed by atoms with Gasteiger partial charge in [0, 0.05) is 21.0 Å². The Kier molecular flexibility index (Phi) is 6.25. The first-order chi connectivity index (χ1) is 11.3. The van der Waals surface area contributed by atoms with Gasteiger partial charge < -0.3 is 10.6 Å². The number of hydrogen-bond donors (Lipinski definition) is 2. The van der Waals surface area contributed by atoms with Crippen LogP contribution in [-0.2, 0) is 4.79 Å². The maximum absolute atomic E-state index is 12.1. The first-order valence-corrected chi connectivity index (χ1v) is 8.89. The molecule has 7 heteroatoms. The summed E-state index contributed by atoms with van der Waals surface area (Å²) in [4.78, 5) is 13.2. The van der Waals surface area contributed by atoms with Crippen LogP contribution in [0.3, 0.4) is 0 Å². The molecule has 0 saturated heterocycles. The Balaban J connectivity index is 1.98. The van der Waals surface area contributed by atoms with Gasteiger partial charge in [0.1, 0.15) is 11.1 Å². The zero-order valence-corrected chi connectivity index (χ0v) is 15.9. The van der Waals surface area contributed by atoms with E-state index in [1.807, 2.05) is 26.8 Å². The molecular weight excluding hydrogens is 365 g/mol. The van der Waals surface area contributed by atoms with Crippen molar-refractivity contribution in [2.45, 2.75) is 26.8 Å². The van der Waals surface area contributed by atoms with Crippen LogP contribution in [0.25, 0.3) is 0 Å². The predicted molar refractivity (Wildman–Crippen MR) is 100 cm³/mol. The maximum Gasteiger partial charge on any atom is 0.238 e. The summed E-state index contributed by atoms with van der Waals surface area (Å²) >= 11 is 13.5. The molecule has 1 aromatic heterocycles. The second-order valence-electron chi connectivity index (χ2n) is 5.42. The monoisotopic (exact) mass is 381 g/mol. The fourth-order valence-corrected chi connectivity index (χ4v) is 3.83. The first kappa shape index (κ1) is 18.8. The molecule has 2 N–H and O–H groups in total. The number of nitrogens with one attached hydrogen (secondary N) is 2. The average Bonchev–Trinajstić information content (AvgIpc) is 2.78. The number of anilines is 1. The van der Waals surface area contributed by atoms with Crippen LogP contribution in [0.1, 0.15) is 34.5 Å². The van der Waals surface area contributed by atoms with E-state index in [1.165, 1.54) is 11.3 Å². The standard InChI is InChI=1S/C17H17Cl2N3OS/c1-9-11(3)24-17(14(9)7-20)22-16(23)8-21-10(2)13-5-4-12(18)6-15(13)19/h4-6,10,21H,8H2,1-3H3,(H,22,23). The summed E-state index contributed by atoms with van der Waals surface area (Å²) in [5, 5.41) is 16.8. The summed E-state index contributed by atoms with van der Waals surface area (Å²) in [7, 11) is 0. The number of carbonyl (C=O) groups is 1. The summed E-state index contributed by atoms with van der Waals surface area (Å²) in [5.41, 5.74) is 2.31. The molecule has 0 bridgehead atoms. The van der Waals surface area contributed by atoms with E-state index in [1.54, 1.807) is 12.1 Å². The molecule has 126 valence electrons. The smallest absolute Gasteiger partial charge is 0.238 e. The lowest BCUT2D eigenvalue weighted by Crippen LogP contribution is -2.30. The van der Waals surface area contributed by atoms with Gasteiger partial charge in [-0.25, -0.2) is 0 Å². The Bertz CT molecular complexity index is 811. The molecule has 0 aliphatic heterocycles. The number of nitrogens with zero attached hydrogens (tertiary/aromatic N) is 1. The predicted octanol–water partition coefficient (Wildman–Crippen LogP) is 4.83. The van der Waals surface area contributed by atoms with Crippen molar-refractivity contribution in [3.05, 3.63) is 49.8 Å². The average molecular weight is 382 g/mol. The molecule has 1 atom stereocenters. The molecule has 2 aromatic rings. The van der Waals surface area contributed by atoms with Crippen molar-refractivity contribution in [2.75, 3.05) is 11.9 Å². The molecule has 0 saturated carbocycles. The molecule has 0 aliphatic carbocycles. The second-order valence-corrected chi connectivity index (χ2v) is 7.48.